The van der Waals surface area contributed by atoms with Gasteiger partial charge in [0.05, 0.1) is 18.1 Å². The number of piperidine rings is 1. The van der Waals surface area contributed by atoms with Crippen molar-refractivity contribution in [3.8, 4) is 0 Å². The van der Waals surface area contributed by atoms with Crippen LogP contribution in [0.2, 0.25) is 0 Å². The van der Waals surface area contributed by atoms with Gasteiger partial charge in [0.15, 0.2) is 0 Å². The minimum atomic E-state index is -0.631. The Kier molecular flexibility index (Phi) is 7.20. The molecule has 170 valence electrons. The number of carbonyl (C=O) groups excluding carboxylic acids is 2. The monoisotopic (exact) mass is 441 g/mol. The number of likely N-dealkylation sites (tertiary alicyclic amines) is 1. The number of amides is 2. The van der Waals surface area contributed by atoms with E-state index in [0.717, 1.165) is 16.7 Å². The lowest BCUT2D eigenvalue weighted by Gasteiger charge is -2.45. The summed E-state index contributed by atoms with van der Waals surface area (Å²) in [6.45, 7) is 0.508. The van der Waals surface area contributed by atoms with Gasteiger partial charge in [0.25, 0.3) is 0 Å². The molecule has 0 spiro atoms. The normalized spacial score (nSPS) is 19.2. The standard InChI is InChI=1S/C28H31N3O2/c1-30(28(33)24(29)19-21-11-5-2-6-12-21)25-17-18-26(32)31(20-22-13-7-3-8-14-22)27(25)23-15-9-4-10-16-23/h2-16,24-25,27H,17-20,29H2,1H3/t24?,25-,27-/m0/s1. The molecular formula is C28H31N3O2. The average molecular weight is 442 g/mol. The average Bonchev–Trinajstić information content (AvgIpc) is 2.86. The van der Waals surface area contributed by atoms with E-state index in [9.17, 15) is 9.59 Å². The van der Waals surface area contributed by atoms with E-state index < -0.39 is 6.04 Å². The Hall–Kier alpha value is -3.44. The van der Waals surface area contributed by atoms with Crippen LogP contribution >= 0.6 is 0 Å². The Bertz CT molecular complexity index is 1060. The summed E-state index contributed by atoms with van der Waals surface area (Å²) in [5, 5.41) is 0. The highest BCUT2D eigenvalue weighted by atomic mass is 16.2. The van der Waals surface area contributed by atoms with Crippen LogP contribution in [0.4, 0.5) is 0 Å². The molecule has 3 atom stereocenters. The predicted molar refractivity (Wildman–Crippen MR) is 130 cm³/mol. The zero-order valence-electron chi connectivity index (χ0n) is 19.0. The first-order chi connectivity index (χ1) is 16.0. The maximum atomic E-state index is 13.4. The quantitative estimate of drug-likeness (QED) is 0.604. The predicted octanol–water partition coefficient (Wildman–Crippen LogP) is 3.95. The molecule has 1 fully saturated rings. The summed E-state index contributed by atoms with van der Waals surface area (Å²) < 4.78 is 0. The zero-order chi connectivity index (χ0) is 23.2. The first-order valence-electron chi connectivity index (χ1n) is 11.5. The molecule has 1 heterocycles. The van der Waals surface area contributed by atoms with Crippen molar-refractivity contribution >= 4 is 11.8 Å². The molecule has 0 bridgehead atoms. The molecule has 0 aromatic heterocycles. The minimum absolute atomic E-state index is 0.0983. The van der Waals surface area contributed by atoms with Gasteiger partial charge in [-0.25, -0.2) is 0 Å². The molecule has 1 aliphatic heterocycles. The third-order valence-corrected chi connectivity index (χ3v) is 6.47. The summed E-state index contributed by atoms with van der Waals surface area (Å²) in [5.74, 6) is 0.0113. The van der Waals surface area contributed by atoms with E-state index in [1.54, 1.807) is 4.90 Å². The fourth-order valence-corrected chi connectivity index (χ4v) is 4.74. The molecule has 3 aromatic carbocycles. The Morgan fingerprint density at radius 1 is 0.939 bits per heavy atom. The summed E-state index contributed by atoms with van der Waals surface area (Å²) in [5.41, 5.74) is 9.49. The van der Waals surface area contributed by atoms with Crippen LogP contribution in [0, 0.1) is 0 Å². The third-order valence-electron chi connectivity index (χ3n) is 6.47. The van der Waals surface area contributed by atoms with E-state index in [1.807, 2.05) is 103 Å². The molecule has 1 aliphatic rings. The number of rotatable bonds is 7. The second kappa shape index (κ2) is 10.5. The summed E-state index contributed by atoms with van der Waals surface area (Å²) >= 11 is 0. The number of hydrogen-bond acceptors (Lipinski definition) is 3. The molecule has 1 saturated heterocycles. The first kappa shape index (κ1) is 22.7. The number of likely N-dealkylation sites (N-methyl/N-ethyl adjacent to an activating group) is 1. The van der Waals surface area contributed by atoms with Gasteiger partial charge in [0, 0.05) is 20.0 Å². The number of nitrogens with zero attached hydrogens (tertiary/aromatic N) is 2. The fourth-order valence-electron chi connectivity index (χ4n) is 4.74. The summed E-state index contributed by atoms with van der Waals surface area (Å²) in [6.07, 6.45) is 1.51. The van der Waals surface area contributed by atoms with Gasteiger partial charge in [0.1, 0.15) is 0 Å². The van der Waals surface area contributed by atoms with Gasteiger partial charge in [-0.3, -0.25) is 9.59 Å². The highest BCUT2D eigenvalue weighted by Gasteiger charge is 2.40. The molecule has 3 aromatic rings. The van der Waals surface area contributed by atoms with E-state index in [1.165, 1.54) is 0 Å². The fraction of sp³-hybridized carbons (Fsp3) is 0.286. The molecule has 4 rings (SSSR count). The lowest BCUT2D eigenvalue weighted by atomic mass is 9.88. The van der Waals surface area contributed by atoms with Crippen LogP contribution in [0.15, 0.2) is 91.0 Å². The van der Waals surface area contributed by atoms with Gasteiger partial charge in [0.2, 0.25) is 11.8 Å². The van der Waals surface area contributed by atoms with Crippen LogP contribution in [0.25, 0.3) is 0 Å². The third kappa shape index (κ3) is 5.32. The van der Waals surface area contributed by atoms with Gasteiger partial charge < -0.3 is 15.5 Å². The summed E-state index contributed by atoms with van der Waals surface area (Å²) in [7, 11) is 1.82. The van der Waals surface area contributed by atoms with Crippen LogP contribution in [-0.4, -0.2) is 40.7 Å². The van der Waals surface area contributed by atoms with Crippen molar-refractivity contribution in [1.29, 1.82) is 0 Å². The van der Waals surface area contributed by atoms with Crippen molar-refractivity contribution in [3.05, 3.63) is 108 Å². The molecule has 5 nitrogen and oxygen atoms in total. The Labute approximate surface area is 195 Å². The van der Waals surface area contributed by atoms with E-state index >= 15 is 0 Å². The molecule has 33 heavy (non-hydrogen) atoms. The maximum absolute atomic E-state index is 13.4. The van der Waals surface area contributed by atoms with E-state index in [2.05, 4.69) is 0 Å². The molecule has 0 saturated carbocycles. The highest BCUT2D eigenvalue weighted by Crippen LogP contribution is 2.36. The lowest BCUT2D eigenvalue weighted by molar-refractivity contribution is -0.146. The molecule has 2 amide bonds. The van der Waals surface area contributed by atoms with Crippen LogP contribution in [0.1, 0.15) is 35.6 Å². The highest BCUT2D eigenvalue weighted by molar-refractivity contribution is 5.83. The van der Waals surface area contributed by atoms with Crippen molar-refractivity contribution in [2.24, 2.45) is 5.73 Å². The largest absolute Gasteiger partial charge is 0.339 e. The van der Waals surface area contributed by atoms with Crippen molar-refractivity contribution < 1.29 is 9.59 Å². The smallest absolute Gasteiger partial charge is 0.239 e. The van der Waals surface area contributed by atoms with E-state index in [-0.39, 0.29) is 23.9 Å². The molecule has 0 aliphatic carbocycles. The second-order valence-electron chi connectivity index (χ2n) is 8.71. The Morgan fingerprint density at radius 2 is 1.48 bits per heavy atom. The Balaban J connectivity index is 1.60. The maximum Gasteiger partial charge on any atom is 0.239 e. The van der Waals surface area contributed by atoms with Crippen molar-refractivity contribution in [3.63, 3.8) is 0 Å². The molecule has 0 radical (unpaired) electrons. The first-order valence-corrected chi connectivity index (χ1v) is 11.5. The minimum Gasteiger partial charge on any atom is -0.339 e. The van der Waals surface area contributed by atoms with Gasteiger partial charge in [-0.15, -0.1) is 0 Å². The summed E-state index contributed by atoms with van der Waals surface area (Å²) in [6, 6.07) is 28.8. The zero-order valence-corrected chi connectivity index (χ0v) is 19.0. The van der Waals surface area contributed by atoms with Crippen LogP contribution in [0.3, 0.4) is 0 Å². The SMILES string of the molecule is CN(C(=O)C(N)Cc1ccccc1)[C@H]1CCC(=O)N(Cc2ccccc2)[C@H]1c1ccccc1. The van der Waals surface area contributed by atoms with Gasteiger partial charge >= 0.3 is 0 Å². The Morgan fingerprint density at radius 3 is 2.09 bits per heavy atom. The summed E-state index contributed by atoms with van der Waals surface area (Å²) in [4.78, 5) is 30.2. The number of hydrogen-bond donors (Lipinski definition) is 1. The molecule has 2 N–H and O–H groups in total. The van der Waals surface area contributed by atoms with Crippen LogP contribution in [0.5, 0.6) is 0 Å². The van der Waals surface area contributed by atoms with Crippen molar-refractivity contribution in [1.82, 2.24) is 9.80 Å². The van der Waals surface area contributed by atoms with Crippen LogP contribution in [-0.2, 0) is 22.6 Å². The topological polar surface area (TPSA) is 66.6 Å². The van der Waals surface area contributed by atoms with Crippen molar-refractivity contribution in [2.45, 2.75) is 43.9 Å². The molecule has 5 heteroatoms. The van der Waals surface area contributed by atoms with Gasteiger partial charge in [-0.2, -0.15) is 0 Å². The molecular weight excluding hydrogens is 410 g/mol. The van der Waals surface area contributed by atoms with Gasteiger partial charge in [-0.05, 0) is 29.5 Å². The van der Waals surface area contributed by atoms with Crippen molar-refractivity contribution in [2.75, 3.05) is 7.05 Å². The number of carbonyl (C=O) groups is 2. The molecule has 1 unspecified atom stereocenters. The van der Waals surface area contributed by atoms with Gasteiger partial charge in [-0.1, -0.05) is 91.0 Å². The van der Waals surface area contributed by atoms with E-state index in [0.29, 0.717) is 25.8 Å². The number of nitrogens with two attached hydrogens (primary N) is 1. The van der Waals surface area contributed by atoms with Crippen LogP contribution < -0.4 is 5.73 Å². The number of benzene rings is 3. The van der Waals surface area contributed by atoms with E-state index in [4.69, 9.17) is 5.73 Å². The lowest BCUT2D eigenvalue weighted by Crippen LogP contribution is -2.55. The second-order valence-corrected chi connectivity index (χ2v) is 8.71.